The zero-order valence-corrected chi connectivity index (χ0v) is 8.08. The van der Waals surface area contributed by atoms with Gasteiger partial charge in [0.2, 0.25) is 5.82 Å². The van der Waals surface area contributed by atoms with Crippen LogP contribution in [0.3, 0.4) is 0 Å². The lowest BCUT2D eigenvalue weighted by Crippen LogP contribution is -1.90. The zero-order chi connectivity index (χ0) is 10.8. The second kappa shape index (κ2) is 3.70. The Labute approximate surface area is 86.0 Å². The number of aliphatic hydroxyl groups excluding tert-OH is 1. The molecule has 78 valence electrons. The van der Waals surface area contributed by atoms with Crippen LogP contribution in [-0.2, 0) is 0 Å². The molecule has 15 heavy (non-hydrogen) atoms. The van der Waals surface area contributed by atoms with Crippen LogP contribution in [0.1, 0.15) is 18.9 Å². The fraction of sp³-hybridized carbons (Fsp3) is 0.200. The number of phenols is 1. The standard InChI is InChI=1S/C10H10N2O3/c1-6(13)10-11-9(12-15-10)7-3-2-4-8(14)5-7/h2-6,13-14H,1H3/t6-/m0/s1. The molecule has 2 rings (SSSR count). The van der Waals surface area contributed by atoms with Crippen LogP contribution >= 0.6 is 0 Å². The van der Waals surface area contributed by atoms with Gasteiger partial charge in [-0.05, 0) is 19.1 Å². The Hall–Kier alpha value is -1.88. The van der Waals surface area contributed by atoms with E-state index in [0.29, 0.717) is 11.4 Å². The summed E-state index contributed by atoms with van der Waals surface area (Å²) in [5.74, 6) is 0.644. The maximum Gasteiger partial charge on any atom is 0.255 e. The van der Waals surface area contributed by atoms with Gasteiger partial charge < -0.3 is 14.7 Å². The monoisotopic (exact) mass is 206 g/mol. The van der Waals surface area contributed by atoms with Crippen LogP contribution in [0.4, 0.5) is 0 Å². The second-order valence-corrected chi connectivity index (χ2v) is 3.18. The van der Waals surface area contributed by atoms with Crippen molar-refractivity contribution in [1.29, 1.82) is 0 Å². The van der Waals surface area contributed by atoms with Crippen molar-refractivity contribution in [2.45, 2.75) is 13.0 Å². The molecule has 0 bridgehead atoms. The first-order chi connectivity index (χ1) is 7.16. The van der Waals surface area contributed by atoms with E-state index in [1.54, 1.807) is 25.1 Å². The van der Waals surface area contributed by atoms with Crippen molar-refractivity contribution in [2.75, 3.05) is 0 Å². The van der Waals surface area contributed by atoms with Crippen molar-refractivity contribution >= 4 is 0 Å². The SMILES string of the molecule is C[C@H](O)c1nc(-c2cccc(O)c2)no1. The average Bonchev–Trinajstić information content (AvgIpc) is 2.66. The van der Waals surface area contributed by atoms with Gasteiger partial charge in [0.15, 0.2) is 0 Å². The molecule has 0 aliphatic heterocycles. The van der Waals surface area contributed by atoms with Crippen LogP contribution in [0.25, 0.3) is 11.4 Å². The summed E-state index contributed by atoms with van der Waals surface area (Å²) in [5, 5.41) is 22.1. The van der Waals surface area contributed by atoms with E-state index in [0.717, 1.165) is 0 Å². The lowest BCUT2D eigenvalue weighted by atomic mass is 10.2. The molecule has 2 N–H and O–H groups in total. The van der Waals surface area contributed by atoms with Crippen LogP contribution < -0.4 is 0 Å². The lowest BCUT2D eigenvalue weighted by molar-refractivity contribution is 0.152. The minimum absolute atomic E-state index is 0.135. The van der Waals surface area contributed by atoms with Gasteiger partial charge in [0, 0.05) is 5.56 Å². The highest BCUT2D eigenvalue weighted by molar-refractivity contribution is 5.56. The molecular weight excluding hydrogens is 196 g/mol. The third-order valence-electron chi connectivity index (χ3n) is 1.90. The summed E-state index contributed by atoms with van der Waals surface area (Å²) in [4.78, 5) is 3.98. The van der Waals surface area contributed by atoms with Crippen LogP contribution in [-0.4, -0.2) is 20.4 Å². The zero-order valence-electron chi connectivity index (χ0n) is 8.08. The van der Waals surface area contributed by atoms with Gasteiger partial charge in [-0.2, -0.15) is 4.98 Å². The van der Waals surface area contributed by atoms with E-state index in [2.05, 4.69) is 10.1 Å². The first-order valence-corrected chi connectivity index (χ1v) is 4.48. The van der Waals surface area contributed by atoms with Crippen molar-refractivity contribution < 1.29 is 14.7 Å². The number of hydrogen-bond acceptors (Lipinski definition) is 5. The molecule has 0 fully saturated rings. The van der Waals surface area contributed by atoms with Gasteiger partial charge in [0.1, 0.15) is 11.9 Å². The molecule has 0 unspecified atom stereocenters. The van der Waals surface area contributed by atoms with Gasteiger partial charge >= 0.3 is 0 Å². The van der Waals surface area contributed by atoms with E-state index < -0.39 is 6.10 Å². The Balaban J connectivity index is 2.37. The number of rotatable bonds is 2. The molecular formula is C10H10N2O3. The number of aliphatic hydroxyl groups is 1. The van der Waals surface area contributed by atoms with Crippen LogP contribution in [0.15, 0.2) is 28.8 Å². The van der Waals surface area contributed by atoms with E-state index in [1.807, 2.05) is 0 Å². The molecule has 0 aliphatic carbocycles. The summed E-state index contributed by atoms with van der Waals surface area (Å²) in [5.41, 5.74) is 0.644. The Morgan fingerprint density at radius 3 is 2.80 bits per heavy atom. The first kappa shape index (κ1) is 9.67. The van der Waals surface area contributed by atoms with E-state index in [1.165, 1.54) is 6.07 Å². The van der Waals surface area contributed by atoms with Gasteiger partial charge in [0.25, 0.3) is 5.89 Å². The maximum absolute atomic E-state index is 9.25. The molecule has 0 saturated heterocycles. The van der Waals surface area contributed by atoms with Gasteiger partial charge in [-0.3, -0.25) is 0 Å². The normalized spacial score (nSPS) is 12.7. The molecule has 1 aromatic carbocycles. The topological polar surface area (TPSA) is 79.4 Å². The fourth-order valence-corrected chi connectivity index (χ4v) is 1.17. The van der Waals surface area contributed by atoms with Crippen molar-refractivity contribution in [2.24, 2.45) is 0 Å². The number of benzene rings is 1. The van der Waals surface area contributed by atoms with E-state index >= 15 is 0 Å². The van der Waals surface area contributed by atoms with Crippen LogP contribution in [0.5, 0.6) is 5.75 Å². The Bertz CT molecular complexity index is 465. The Morgan fingerprint density at radius 2 is 2.20 bits per heavy atom. The minimum atomic E-state index is -0.788. The fourth-order valence-electron chi connectivity index (χ4n) is 1.17. The van der Waals surface area contributed by atoms with E-state index in [-0.39, 0.29) is 11.6 Å². The number of nitrogens with zero attached hydrogens (tertiary/aromatic N) is 2. The predicted molar refractivity (Wildman–Crippen MR) is 52.0 cm³/mol. The van der Waals surface area contributed by atoms with Crippen LogP contribution in [0, 0.1) is 0 Å². The smallest absolute Gasteiger partial charge is 0.255 e. The summed E-state index contributed by atoms with van der Waals surface area (Å²) in [6.07, 6.45) is -0.788. The Morgan fingerprint density at radius 1 is 1.40 bits per heavy atom. The lowest BCUT2D eigenvalue weighted by Gasteiger charge is -1.95. The molecule has 1 aromatic heterocycles. The van der Waals surface area contributed by atoms with Crippen molar-refractivity contribution in [3.8, 4) is 17.1 Å². The van der Waals surface area contributed by atoms with Gasteiger partial charge in [-0.25, -0.2) is 0 Å². The van der Waals surface area contributed by atoms with Gasteiger partial charge in [-0.15, -0.1) is 0 Å². The first-order valence-electron chi connectivity index (χ1n) is 4.48. The third-order valence-corrected chi connectivity index (χ3v) is 1.90. The Kier molecular flexibility index (Phi) is 2.39. The molecule has 5 nitrogen and oxygen atoms in total. The molecule has 1 heterocycles. The highest BCUT2D eigenvalue weighted by atomic mass is 16.5. The summed E-state index contributed by atoms with van der Waals surface area (Å²) >= 11 is 0. The quantitative estimate of drug-likeness (QED) is 0.778. The van der Waals surface area contributed by atoms with Crippen molar-refractivity contribution in [1.82, 2.24) is 10.1 Å². The maximum atomic E-state index is 9.25. The molecule has 5 heteroatoms. The van der Waals surface area contributed by atoms with Crippen molar-refractivity contribution in [3.63, 3.8) is 0 Å². The summed E-state index contributed by atoms with van der Waals surface area (Å²) in [7, 11) is 0. The molecule has 0 aliphatic rings. The molecule has 0 radical (unpaired) electrons. The number of aromatic hydroxyl groups is 1. The van der Waals surface area contributed by atoms with E-state index in [9.17, 15) is 10.2 Å². The van der Waals surface area contributed by atoms with E-state index in [4.69, 9.17) is 4.52 Å². The number of aromatic nitrogens is 2. The molecule has 2 aromatic rings. The van der Waals surface area contributed by atoms with Crippen LogP contribution in [0.2, 0.25) is 0 Å². The molecule has 0 spiro atoms. The predicted octanol–water partition coefficient (Wildman–Crippen LogP) is 1.50. The average molecular weight is 206 g/mol. The number of hydrogen-bond donors (Lipinski definition) is 2. The summed E-state index contributed by atoms with van der Waals surface area (Å²) in [6, 6.07) is 6.51. The highest BCUT2D eigenvalue weighted by Gasteiger charge is 2.12. The minimum Gasteiger partial charge on any atom is -0.508 e. The van der Waals surface area contributed by atoms with Gasteiger partial charge in [-0.1, -0.05) is 17.3 Å². The second-order valence-electron chi connectivity index (χ2n) is 3.18. The third kappa shape index (κ3) is 1.97. The van der Waals surface area contributed by atoms with Crippen molar-refractivity contribution in [3.05, 3.63) is 30.2 Å². The highest BCUT2D eigenvalue weighted by Crippen LogP contribution is 2.21. The van der Waals surface area contributed by atoms with Gasteiger partial charge in [0.05, 0.1) is 0 Å². The summed E-state index contributed by atoms with van der Waals surface area (Å²) in [6.45, 7) is 1.54. The number of phenolic OH excluding ortho intramolecular Hbond substituents is 1. The summed E-state index contributed by atoms with van der Waals surface area (Å²) < 4.78 is 4.83. The molecule has 0 amide bonds. The molecule has 1 atom stereocenters. The molecule has 0 saturated carbocycles. The largest absolute Gasteiger partial charge is 0.508 e.